The topological polar surface area (TPSA) is 113 Å². The van der Waals surface area contributed by atoms with Crippen molar-refractivity contribution in [3.8, 4) is 0 Å². The lowest BCUT2D eigenvalue weighted by Gasteiger charge is -2.37. The van der Waals surface area contributed by atoms with E-state index >= 15 is 0 Å². The van der Waals surface area contributed by atoms with Crippen LogP contribution in [0.2, 0.25) is 0 Å². The summed E-state index contributed by atoms with van der Waals surface area (Å²) in [6, 6.07) is 0. The number of allylic oxidation sites excluding steroid dienone is 1. The minimum absolute atomic E-state index is 0.00829. The molecule has 1 saturated carbocycles. The molecule has 0 spiro atoms. The Balaban J connectivity index is 2.13. The molecule has 2 fully saturated rings. The van der Waals surface area contributed by atoms with E-state index in [0.717, 1.165) is 0 Å². The highest BCUT2D eigenvalue weighted by molar-refractivity contribution is 5.92. The van der Waals surface area contributed by atoms with E-state index in [-0.39, 0.29) is 11.1 Å². The highest BCUT2D eigenvalue weighted by Gasteiger charge is 2.66. The van der Waals surface area contributed by atoms with E-state index in [9.17, 15) is 24.9 Å². The number of aliphatic hydroxyl groups is 3. The Morgan fingerprint density at radius 2 is 2.00 bits per heavy atom. The van der Waals surface area contributed by atoms with Crippen LogP contribution < -0.4 is 0 Å². The van der Waals surface area contributed by atoms with E-state index in [2.05, 4.69) is 13.2 Å². The average molecular weight is 376 g/mol. The molecule has 27 heavy (non-hydrogen) atoms. The Bertz CT molecular complexity index is 792. The van der Waals surface area contributed by atoms with Crippen LogP contribution in [-0.4, -0.2) is 57.3 Å². The van der Waals surface area contributed by atoms with Crippen LogP contribution in [0, 0.1) is 11.8 Å². The summed E-state index contributed by atoms with van der Waals surface area (Å²) >= 11 is 0. The first kappa shape index (κ1) is 19.5. The molecule has 3 rings (SSSR count). The molecule has 0 bridgehead atoms. The van der Waals surface area contributed by atoms with Crippen LogP contribution in [0.3, 0.4) is 0 Å². The largest absolute Gasteiger partial charge is 0.455 e. The molecular formula is C20H24O7. The molecule has 0 amide bonds. The molecule has 7 heteroatoms. The van der Waals surface area contributed by atoms with Crippen LogP contribution >= 0.6 is 0 Å². The van der Waals surface area contributed by atoms with E-state index in [1.807, 2.05) is 0 Å². The number of esters is 2. The first-order chi connectivity index (χ1) is 12.5. The Kier molecular flexibility index (Phi) is 4.66. The number of fused-ring (bicyclic) bond motifs is 3. The van der Waals surface area contributed by atoms with E-state index in [4.69, 9.17) is 9.47 Å². The SMILES string of the molecule is C=C1C(=O)O[C@H]2[C@H]1[C@H](OC(=O)/C(C)=C/C)[C@H](O)C(=C)[C@@H]1[C@H](O)C=C(C)[C@@]12O. The fourth-order valence-corrected chi connectivity index (χ4v) is 4.28. The number of hydrogen-bond donors (Lipinski definition) is 3. The average Bonchev–Trinajstić information content (AvgIpc) is 3.02. The second-order valence-corrected chi connectivity index (χ2v) is 7.38. The third-order valence-corrected chi connectivity index (χ3v) is 5.97. The number of carbonyl (C=O) groups is 2. The predicted molar refractivity (Wildman–Crippen MR) is 95.2 cm³/mol. The first-order valence-electron chi connectivity index (χ1n) is 8.75. The van der Waals surface area contributed by atoms with E-state index in [1.54, 1.807) is 26.8 Å². The molecule has 0 radical (unpaired) electrons. The summed E-state index contributed by atoms with van der Waals surface area (Å²) in [6.07, 6.45) is -1.96. The maximum Gasteiger partial charge on any atom is 0.334 e. The fraction of sp³-hybridized carbons (Fsp3) is 0.500. The van der Waals surface area contributed by atoms with Gasteiger partial charge in [-0.3, -0.25) is 0 Å². The maximum atomic E-state index is 12.3. The summed E-state index contributed by atoms with van der Waals surface area (Å²) in [5.74, 6) is -3.41. The van der Waals surface area contributed by atoms with Gasteiger partial charge in [0.25, 0.3) is 0 Å². The molecule has 7 nitrogen and oxygen atoms in total. The van der Waals surface area contributed by atoms with Crippen LogP contribution in [0.15, 0.2) is 47.6 Å². The van der Waals surface area contributed by atoms with Crippen molar-refractivity contribution in [3.63, 3.8) is 0 Å². The molecule has 1 saturated heterocycles. The van der Waals surface area contributed by atoms with Crippen molar-refractivity contribution in [1.29, 1.82) is 0 Å². The highest BCUT2D eigenvalue weighted by atomic mass is 16.6. The number of hydrogen-bond acceptors (Lipinski definition) is 7. The third kappa shape index (κ3) is 2.61. The molecule has 146 valence electrons. The molecule has 1 aliphatic heterocycles. The van der Waals surface area contributed by atoms with Crippen molar-refractivity contribution in [1.82, 2.24) is 0 Å². The van der Waals surface area contributed by atoms with Crippen molar-refractivity contribution in [2.45, 2.75) is 50.8 Å². The molecule has 1 heterocycles. The van der Waals surface area contributed by atoms with E-state index < -0.39 is 53.8 Å². The smallest absolute Gasteiger partial charge is 0.334 e. The van der Waals surface area contributed by atoms with Crippen molar-refractivity contribution >= 4 is 11.9 Å². The van der Waals surface area contributed by atoms with Crippen molar-refractivity contribution < 1.29 is 34.4 Å². The Hall–Kier alpha value is -2.22. The number of ether oxygens (including phenoxy) is 2. The van der Waals surface area contributed by atoms with Gasteiger partial charge in [0.05, 0.1) is 12.0 Å². The third-order valence-electron chi connectivity index (χ3n) is 5.97. The Morgan fingerprint density at radius 1 is 1.37 bits per heavy atom. The molecule has 0 aromatic heterocycles. The zero-order chi connectivity index (χ0) is 20.3. The first-order valence-corrected chi connectivity index (χ1v) is 8.75. The van der Waals surface area contributed by atoms with Crippen molar-refractivity contribution in [3.05, 3.63) is 47.6 Å². The van der Waals surface area contributed by atoms with Gasteiger partial charge in [0, 0.05) is 17.1 Å². The van der Waals surface area contributed by atoms with Crippen molar-refractivity contribution in [2.75, 3.05) is 0 Å². The molecule has 0 aromatic carbocycles. The quantitative estimate of drug-likeness (QED) is 0.367. The number of carbonyl (C=O) groups excluding carboxylic acids is 2. The normalized spacial score (nSPS) is 41.5. The second kappa shape index (κ2) is 6.44. The lowest BCUT2D eigenvalue weighted by atomic mass is 9.75. The van der Waals surface area contributed by atoms with Gasteiger partial charge in [-0.25, -0.2) is 9.59 Å². The summed E-state index contributed by atoms with van der Waals surface area (Å²) < 4.78 is 10.9. The van der Waals surface area contributed by atoms with Crippen LogP contribution in [0.1, 0.15) is 20.8 Å². The molecule has 7 atom stereocenters. The molecule has 0 aromatic rings. The summed E-state index contributed by atoms with van der Waals surface area (Å²) in [4.78, 5) is 24.5. The van der Waals surface area contributed by atoms with Gasteiger partial charge in [-0.15, -0.1) is 0 Å². The maximum absolute atomic E-state index is 12.3. The lowest BCUT2D eigenvalue weighted by molar-refractivity contribution is -0.161. The van der Waals surface area contributed by atoms with Crippen molar-refractivity contribution in [2.24, 2.45) is 11.8 Å². The molecule has 3 N–H and O–H groups in total. The minimum atomic E-state index is -1.78. The Morgan fingerprint density at radius 3 is 2.59 bits per heavy atom. The lowest BCUT2D eigenvalue weighted by Crippen LogP contribution is -2.52. The summed E-state index contributed by atoms with van der Waals surface area (Å²) in [7, 11) is 0. The minimum Gasteiger partial charge on any atom is -0.455 e. The highest BCUT2D eigenvalue weighted by Crippen LogP contribution is 2.53. The van der Waals surface area contributed by atoms with Gasteiger partial charge in [0.1, 0.15) is 23.9 Å². The van der Waals surface area contributed by atoms with Gasteiger partial charge in [0.15, 0.2) is 0 Å². The standard InChI is InChI=1S/C20H24O7/c1-6-8(2)18(23)26-16-13-10(4)19(24)27-17(13)20(25)9(3)7-12(21)14(20)11(5)15(16)22/h6-7,12-17,21-22,25H,4-5H2,1-3H3/b8-6+/t12-,13-,14-,15-,16+,17+,20-/m1/s1. The van der Waals surface area contributed by atoms with E-state index in [1.165, 1.54) is 6.08 Å². The zero-order valence-corrected chi connectivity index (χ0v) is 15.5. The van der Waals surface area contributed by atoms with E-state index in [0.29, 0.717) is 11.1 Å². The van der Waals surface area contributed by atoms with Gasteiger partial charge in [-0.1, -0.05) is 25.3 Å². The van der Waals surface area contributed by atoms with Crippen LogP contribution in [0.5, 0.6) is 0 Å². The van der Waals surface area contributed by atoms with Gasteiger partial charge < -0.3 is 24.8 Å². The van der Waals surface area contributed by atoms with Gasteiger partial charge >= 0.3 is 11.9 Å². The van der Waals surface area contributed by atoms with Gasteiger partial charge in [-0.05, 0) is 31.9 Å². The summed E-state index contributed by atoms with van der Waals surface area (Å²) in [5.41, 5.74) is -0.978. The predicted octanol–water partition coefficient (Wildman–Crippen LogP) is 0.561. The van der Waals surface area contributed by atoms with Gasteiger partial charge in [0.2, 0.25) is 0 Å². The molecule has 0 unspecified atom stereocenters. The fourth-order valence-electron chi connectivity index (χ4n) is 4.28. The number of rotatable bonds is 2. The monoisotopic (exact) mass is 376 g/mol. The van der Waals surface area contributed by atoms with Crippen LogP contribution in [0.25, 0.3) is 0 Å². The number of aliphatic hydroxyl groups excluding tert-OH is 2. The van der Waals surface area contributed by atoms with Gasteiger partial charge in [-0.2, -0.15) is 0 Å². The molecular weight excluding hydrogens is 352 g/mol. The summed E-state index contributed by atoms with van der Waals surface area (Å²) in [5, 5.41) is 32.8. The van der Waals surface area contributed by atoms with Crippen LogP contribution in [-0.2, 0) is 19.1 Å². The summed E-state index contributed by atoms with van der Waals surface area (Å²) in [6.45, 7) is 12.4. The van der Waals surface area contributed by atoms with Crippen LogP contribution in [0.4, 0.5) is 0 Å². The Labute approximate surface area is 157 Å². The molecule has 3 aliphatic rings. The zero-order valence-electron chi connectivity index (χ0n) is 15.5. The second-order valence-electron chi connectivity index (χ2n) is 7.38. The molecule has 2 aliphatic carbocycles.